The first-order valence-electron chi connectivity index (χ1n) is 6.16. The van der Waals surface area contributed by atoms with Gasteiger partial charge in [-0.2, -0.15) is 0 Å². The van der Waals surface area contributed by atoms with Crippen LogP contribution in [-0.4, -0.2) is 16.7 Å². The molecule has 4 heteroatoms. The first-order chi connectivity index (χ1) is 9.16. The molecule has 0 amide bonds. The van der Waals surface area contributed by atoms with Gasteiger partial charge in [-0.1, -0.05) is 22.0 Å². The molecular formula is C15H16BrNO2. The highest BCUT2D eigenvalue weighted by Gasteiger charge is 2.09. The van der Waals surface area contributed by atoms with Gasteiger partial charge in [0.05, 0.1) is 12.7 Å². The van der Waals surface area contributed by atoms with Crippen molar-refractivity contribution in [2.75, 3.05) is 6.61 Å². The van der Waals surface area contributed by atoms with Gasteiger partial charge in [-0.15, -0.1) is 0 Å². The molecule has 2 aromatic rings. The van der Waals surface area contributed by atoms with E-state index in [9.17, 15) is 5.11 Å². The number of nitrogens with zero attached hydrogens (tertiary/aromatic N) is 1. The van der Waals surface area contributed by atoms with Crippen molar-refractivity contribution < 1.29 is 9.84 Å². The molecule has 0 unspecified atom stereocenters. The number of benzene rings is 1. The van der Waals surface area contributed by atoms with Crippen LogP contribution in [0.2, 0.25) is 0 Å². The van der Waals surface area contributed by atoms with Crippen LogP contribution in [0, 0.1) is 0 Å². The van der Waals surface area contributed by atoms with Gasteiger partial charge in [0.1, 0.15) is 5.75 Å². The zero-order chi connectivity index (χ0) is 13.7. The van der Waals surface area contributed by atoms with Crippen molar-refractivity contribution in [1.29, 1.82) is 0 Å². The molecule has 0 saturated heterocycles. The molecule has 1 heterocycles. The fraction of sp³-hybridized carbons (Fsp3) is 0.267. The largest absolute Gasteiger partial charge is 0.493 e. The van der Waals surface area contributed by atoms with Crippen molar-refractivity contribution in [2.24, 2.45) is 0 Å². The maximum atomic E-state index is 9.71. The van der Waals surface area contributed by atoms with Crippen molar-refractivity contribution >= 4 is 15.9 Å². The second kappa shape index (κ2) is 6.68. The molecule has 0 aliphatic rings. The van der Waals surface area contributed by atoms with Gasteiger partial charge in [0.25, 0.3) is 0 Å². The van der Waals surface area contributed by atoms with Crippen LogP contribution in [0.3, 0.4) is 0 Å². The quantitative estimate of drug-likeness (QED) is 0.916. The summed E-state index contributed by atoms with van der Waals surface area (Å²) in [5.74, 6) is 0.721. The highest BCUT2D eigenvalue weighted by molar-refractivity contribution is 9.10. The SMILES string of the molecule is C[C@H](O)c1ccc(Br)cc1OCCc1ccncc1. The normalized spacial score (nSPS) is 12.2. The van der Waals surface area contributed by atoms with Crippen molar-refractivity contribution in [3.05, 3.63) is 58.3 Å². The Kier molecular flexibility index (Phi) is 4.93. The van der Waals surface area contributed by atoms with Crippen LogP contribution in [0.15, 0.2) is 47.2 Å². The lowest BCUT2D eigenvalue weighted by Crippen LogP contribution is -2.05. The number of rotatable bonds is 5. The van der Waals surface area contributed by atoms with Gasteiger partial charge in [0.15, 0.2) is 0 Å². The predicted octanol–water partition coefficient (Wildman–Crippen LogP) is 3.52. The van der Waals surface area contributed by atoms with Crippen LogP contribution in [0.25, 0.3) is 0 Å². The Labute approximate surface area is 121 Å². The third-order valence-corrected chi connectivity index (χ3v) is 3.32. The molecule has 0 aliphatic carbocycles. The first kappa shape index (κ1) is 14.0. The Morgan fingerprint density at radius 2 is 2.00 bits per heavy atom. The zero-order valence-corrected chi connectivity index (χ0v) is 12.3. The lowest BCUT2D eigenvalue weighted by Gasteiger charge is -2.14. The topological polar surface area (TPSA) is 42.4 Å². The Hall–Kier alpha value is -1.39. The minimum absolute atomic E-state index is 0.538. The number of ether oxygens (including phenoxy) is 1. The van der Waals surface area contributed by atoms with Gasteiger partial charge in [-0.3, -0.25) is 4.98 Å². The van der Waals surface area contributed by atoms with E-state index in [0.29, 0.717) is 6.61 Å². The Morgan fingerprint density at radius 3 is 2.68 bits per heavy atom. The molecule has 1 atom stereocenters. The molecule has 2 rings (SSSR count). The first-order valence-corrected chi connectivity index (χ1v) is 6.95. The summed E-state index contributed by atoms with van der Waals surface area (Å²) in [6, 6.07) is 9.60. The van der Waals surface area contributed by atoms with Crippen LogP contribution >= 0.6 is 15.9 Å². The summed E-state index contributed by atoms with van der Waals surface area (Å²) in [5, 5.41) is 9.71. The Bertz CT molecular complexity index is 529. The second-order valence-electron chi connectivity index (χ2n) is 4.31. The molecule has 1 aromatic carbocycles. The van der Waals surface area contributed by atoms with Gasteiger partial charge in [-0.05, 0) is 36.8 Å². The number of hydrogen-bond acceptors (Lipinski definition) is 3. The summed E-state index contributed by atoms with van der Waals surface area (Å²) in [6.07, 6.45) is 3.82. The summed E-state index contributed by atoms with van der Waals surface area (Å²) in [4.78, 5) is 3.98. The van der Waals surface area contributed by atoms with Crippen molar-refractivity contribution in [3.63, 3.8) is 0 Å². The van der Waals surface area contributed by atoms with Crippen LogP contribution in [0.5, 0.6) is 5.75 Å². The van der Waals surface area contributed by atoms with Crippen molar-refractivity contribution in [2.45, 2.75) is 19.4 Å². The van der Waals surface area contributed by atoms with E-state index in [-0.39, 0.29) is 0 Å². The molecule has 19 heavy (non-hydrogen) atoms. The summed E-state index contributed by atoms with van der Waals surface area (Å²) in [7, 11) is 0. The fourth-order valence-corrected chi connectivity index (χ4v) is 2.15. The monoisotopic (exact) mass is 321 g/mol. The standard InChI is InChI=1S/C15H16BrNO2/c1-11(18)14-3-2-13(16)10-15(14)19-9-6-12-4-7-17-8-5-12/h2-5,7-8,10-11,18H,6,9H2,1H3/t11-/m0/s1. The van der Waals surface area contributed by atoms with Gasteiger partial charge in [-0.25, -0.2) is 0 Å². The molecule has 1 aromatic heterocycles. The number of aliphatic hydroxyl groups excluding tert-OH is 1. The maximum Gasteiger partial charge on any atom is 0.126 e. The molecule has 100 valence electrons. The molecule has 3 nitrogen and oxygen atoms in total. The number of hydrogen-bond donors (Lipinski definition) is 1. The van der Waals surface area contributed by atoms with E-state index in [2.05, 4.69) is 20.9 Å². The second-order valence-corrected chi connectivity index (χ2v) is 5.23. The molecule has 1 N–H and O–H groups in total. The van der Waals surface area contributed by atoms with Gasteiger partial charge in [0.2, 0.25) is 0 Å². The van der Waals surface area contributed by atoms with E-state index in [4.69, 9.17) is 4.74 Å². The molecule has 0 radical (unpaired) electrons. The smallest absolute Gasteiger partial charge is 0.126 e. The van der Waals surface area contributed by atoms with E-state index < -0.39 is 6.10 Å². The van der Waals surface area contributed by atoms with E-state index in [0.717, 1.165) is 22.2 Å². The van der Waals surface area contributed by atoms with Crippen LogP contribution < -0.4 is 4.74 Å². The average molecular weight is 322 g/mol. The average Bonchev–Trinajstić information content (AvgIpc) is 2.39. The van der Waals surface area contributed by atoms with E-state index in [1.165, 1.54) is 5.56 Å². The minimum atomic E-state index is -0.538. The molecule has 0 bridgehead atoms. The minimum Gasteiger partial charge on any atom is -0.493 e. The zero-order valence-electron chi connectivity index (χ0n) is 10.7. The van der Waals surface area contributed by atoms with Crippen molar-refractivity contribution in [3.8, 4) is 5.75 Å². The summed E-state index contributed by atoms with van der Waals surface area (Å²) < 4.78 is 6.71. The number of aliphatic hydroxyl groups is 1. The third kappa shape index (κ3) is 4.04. The van der Waals surface area contributed by atoms with Gasteiger partial charge < -0.3 is 9.84 Å². The molecule has 0 aliphatic heterocycles. The van der Waals surface area contributed by atoms with Gasteiger partial charge in [0, 0.05) is 28.9 Å². The molecule has 0 spiro atoms. The number of halogens is 1. The molecular weight excluding hydrogens is 306 g/mol. The summed E-state index contributed by atoms with van der Waals surface area (Å²) in [6.45, 7) is 2.30. The molecule has 0 saturated carbocycles. The lowest BCUT2D eigenvalue weighted by atomic mass is 10.1. The van der Waals surface area contributed by atoms with Crippen LogP contribution in [0.1, 0.15) is 24.2 Å². The van der Waals surface area contributed by atoms with Crippen molar-refractivity contribution in [1.82, 2.24) is 4.98 Å². The molecule has 0 fully saturated rings. The van der Waals surface area contributed by atoms with E-state index in [1.54, 1.807) is 19.3 Å². The predicted molar refractivity (Wildman–Crippen MR) is 78.2 cm³/mol. The highest BCUT2D eigenvalue weighted by Crippen LogP contribution is 2.28. The Balaban J connectivity index is 2.01. The summed E-state index contributed by atoms with van der Waals surface area (Å²) >= 11 is 3.41. The van der Waals surface area contributed by atoms with Crippen LogP contribution in [0.4, 0.5) is 0 Å². The maximum absolute atomic E-state index is 9.71. The van der Waals surface area contributed by atoms with E-state index >= 15 is 0 Å². The van der Waals surface area contributed by atoms with E-state index in [1.807, 2.05) is 30.3 Å². The lowest BCUT2D eigenvalue weighted by molar-refractivity contribution is 0.191. The Morgan fingerprint density at radius 1 is 1.26 bits per heavy atom. The van der Waals surface area contributed by atoms with Crippen LogP contribution in [-0.2, 0) is 6.42 Å². The third-order valence-electron chi connectivity index (χ3n) is 2.82. The summed E-state index contributed by atoms with van der Waals surface area (Å²) in [5.41, 5.74) is 1.99. The number of pyridine rings is 1. The highest BCUT2D eigenvalue weighted by atomic mass is 79.9. The fourth-order valence-electron chi connectivity index (χ4n) is 1.81. The van der Waals surface area contributed by atoms with Gasteiger partial charge >= 0.3 is 0 Å². The number of aromatic nitrogens is 1.